The SMILES string of the molecule is N#Cc1ccc(OP(=O)(O)CNS(=O)(=O)c2cc3cc(OCCN)cc(Cl)c3s2)cc1F. The summed E-state index contributed by atoms with van der Waals surface area (Å²) in [5, 5.41) is 9.50. The van der Waals surface area contributed by atoms with Crippen molar-refractivity contribution in [3.8, 4) is 17.6 Å². The van der Waals surface area contributed by atoms with E-state index in [1.165, 1.54) is 12.1 Å². The number of nitrogens with two attached hydrogens (primary N) is 1. The molecule has 3 rings (SSSR count). The third-order valence-electron chi connectivity index (χ3n) is 3.94. The highest BCUT2D eigenvalue weighted by atomic mass is 35.5. The van der Waals surface area contributed by atoms with Gasteiger partial charge in [0.1, 0.15) is 40.5 Å². The third-order valence-corrected chi connectivity index (χ3v) is 8.67. The Morgan fingerprint density at radius 1 is 1.28 bits per heavy atom. The summed E-state index contributed by atoms with van der Waals surface area (Å²) in [6.07, 6.45) is -0.968. The summed E-state index contributed by atoms with van der Waals surface area (Å²) in [7, 11) is -8.73. The molecule has 14 heteroatoms. The van der Waals surface area contributed by atoms with Crippen LogP contribution in [0, 0.1) is 17.1 Å². The average molecular weight is 520 g/mol. The minimum absolute atomic E-state index is 0.144. The van der Waals surface area contributed by atoms with Crippen LogP contribution in [-0.4, -0.2) is 32.7 Å². The van der Waals surface area contributed by atoms with Crippen LogP contribution in [0.3, 0.4) is 0 Å². The molecule has 0 aliphatic heterocycles. The van der Waals surface area contributed by atoms with Crippen molar-refractivity contribution in [3.63, 3.8) is 0 Å². The quantitative estimate of drug-likeness (QED) is 0.364. The van der Waals surface area contributed by atoms with Gasteiger partial charge in [-0.1, -0.05) is 11.6 Å². The van der Waals surface area contributed by atoms with Gasteiger partial charge in [0.25, 0.3) is 10.0 Å². The van der Waals surface area contributed by atoms with Crippen molar-refractivity contribution in [3.05, 3.63) is 52.8 Å². The van der Waals surface area contributed by atoms with Crippen LogP contribution in [-0.2, 0) is 14.6 Å². The Morgan fingerprint density at radius 2 is 2.03 bits per heavy atom. The smallest absolute Gasteiger partial charge is 0.391 e. The van der Waals surface area contributed by atoms with Crippen molar-refractivity contribution in [2.45, 2.75) is 4.21 Å². The van der Waals surface area contributed by atoms with E-state index in [9.17, 15) is 22.3 Å². The van der Waals surface area contributed by atoms with Crippen molar-refractivity contribution in [1.29, 1.82) is 5.26 Å². The summed E-state index contributed by atoms with van der Waals surface area (Å²) in [4.78, 5) is 9.97. The van der Waals surface area contributed by atoms with E-state index in [0.29, 0.717) is 22.4 Å². The standard InChI is InChI=1S/C18H16ClFN3O6PS2/c19-15-7-14(28-4-3-21)5-12-6-17(31-18(12)15)32(26,27)23-10-30(24,25)29-13-2-1-11(9-22)16(20)8-13/h1-2,5-8,23H,3-4,10,21H2,(H,24,25). The van der Waals surface area contributed by atoms with Gasteiger partial charge in [-0.2, -0.15) is 9.98 Å². The third kappa shape index (κ3) is 5.76. The largest absolute Gasteiger partial charge is 0.492 e. The molecular formula is C18H16ClFN3O6PS2. The molecule has 0 aliphatic carbocycles. The molecule has 0 bridgehead atoms. The van der Waals surface area contributed by atoms with E-state index in [1.54, 1.807) is 12.1 Å². The average Bonchev–Trinajstić information content (AvgIpc) is 3.17. The summed E-state index contributed by atoms with van der Waals surface area (Å²) < 4.78 is 63.8. The maximum absolute atomic E-state index is 13.6. The van der Waals surface area contributed by atoms with Gasteiger partial charge in [-0.15, -0.1) is 11.3 Å². The molecule has 9 nitrogen and oxygen atoms in total. The maximum atomic E-state index is 13.6. The van der Waals surface area contributed by atoms with E-state index in [1.807, 2.05) is 4.72 Å². The number of ether oxygens (including phenoxy) is 1. The number of fused-ring (bicyclic) bond motifs is 1. The predicted octanol–water partition coefficient (Wildman–Crippen LogP) is 3.40. The molecule has 2 aromatic carbocycles. The summed E-state index contributed by atoms with van der Waals surface area (Å²) >= 11 is 7.08. The number of nitrogens with zero attached hydrogens (tertiary/aromatic N) is 1. The highest BCUT2D eigenvalue weighted by Crippen LogP contribution is 2.43. The van der Waals surface area contributed by atoms with Gasteiger partial charge in [-0.25, -0.2) is 17.4 Å². The maximum Gasteiger partial charge on any atom is 0.391 e. The molecule has 1 unspecified atom stereocenters. The van der Waals surface area contributed by atoms with Crippen molar-refractivity contribution in [1.82, 2.24) is 4.72 Å². The summed E-state index contributed by atoms with van der Waals surface area (Å²) in [6.45, 7) is 0.550. The van der Waals surface area contributed by atoms with E-state index in [0.717, 1.165) is 29.5 Å². The molecule has 0 amide bonds. The van der Waals surface area contributed by atoms with E-state index < -0.39 is 29.7 Å². The van der Waals surface area contributed by atoms with Crippen LogP contribution in [0.15, 0.2) is 40.6 Å². The number of sulfonamides is 1. The van der Waals surface area contributed by atoms with Gasteiger partial charge < -0.3 is 19.9 Å². The summed E-state index contributed by atoms with van der Waals surface area (Å²) in [5.41, 5.74) is 5.12. The molecule has 3 aromatic rings. The molecule has 1 heterocycles. The zero-order chi connectivity index (χ0) is 23.5. The Labute approximate surface area is 191 Å². The number of rotatable bonds is 9. The molecular weight excluding hydrogens is 504 g/mol. The first-order valence-electron chi connectivity index (χ1n) is 8.81. The van der Waals surface area contributed by atoms with Crippen molar-refractivity contribution >= 4 is 50.6 Å². The van der Waals surface area contributed by atoms with Gasteiger partial charge in [0, 0.05) is 18.7 Å². The van der Waals surface area contributed by atoms with Gasteiger partial charge in [0.05, 0.1) is 15.3 Å². The first-order valence-corrected chi connectivity index (χ1v) is 13.3. The normalized spacial score (nSPS) is 13.5. The lowest BCUT2D eigenvalue weighted by molar-refractivity contribution is 0.329. The molecule has 0 saturated heterocycles. The number of benzene rings is 2. The lowest BCUT2D eigenvalue weighted by Gasteiger charge is -2.14. The Bertz CT molecular complexity index is 1360. The molecule has 32 heavy (non-hydrogen) atoms. The van der Waals surface area contributed by atoms with E-state index in [-0.39, 0.29) is 27.2 Å². The Morgan fingerprint density at radius 3 is 2.69 bits per heavy atom. The number of hydrogen-bond donors (Lipinski definition) is 3. The fourth-order valence-electron chi connectivity index (χ4n) is 2.53. The minimum atomic E-state index is -4.53. The van der Waals surface area contributed by atoms with Crippen LogP contribution in [0.25, 0.3) is 10.1 Å². The Hall–Kier alpha value is -2.23. The molecule has 1 aromatic heterocycles. The Kier molecular flexibility index (Phi) is 7.42. The number of hydrogen-bond acceptors (Lipinski definition) is 8. The van der Waals surface area contributed by atoms with Gasteiger partial charge in [-0.05, 0) is 29.7 Å². The van der Waals surface area contributed by atoms with Crippen LogP contribution in [0.1, 0.15) is 5.56 Å². The van der Waals surface area contributed by atoms with Gasteiger partial charge in [0.2, 0.25) is 0 Å². The van der Waals surface area contributed by atoms with E-state index in [2.05, 4.69) is 0 Å². The lowest BCUT2D eigenvalue weighted by atomic mass is 10.2. The van der Waals surface area contributed by atoms with Gasteiger partial charge in [-0.3, -0.25) is 0 Å². The topological polar surface area (TPSA) is 152 Å². The minimum Gasteiger partial charge on any atom is -0.492 e. The van der Waals surface area contributed by atoms with Crippen molar-refractivity contribution < 1.29 is 31.5 Å². The lowest BCUT2D eigenvalue weighted by Crippen LogP contribution is -2.25. The second kappa shape index (κ2) is 9.72. The van der Waals surface area contributed by atoms with Crippen LogP contribution in [0.5, 0.6) is 11.5 Å². The molecule has 0 radical (unpaired) electrons. The first-order chi connectivity index (χ1) is 15.0. The zero-order valence-electron chi connectivity index (χ0n) is 16.1. The molecule has 0 aliphatic rings. The molecule has 0 fully saturated rings. The van der Waals surface area contributed by atoms with Gasteiger partial charge >= 0.3 is 7.60 Å². The zero-order valence-corrected chi connectivity index (χ0v) is 19.4. The van der Waals surface area contributed by atoms with E-state index in [4.69, 9.17) is 31.9 Å². The van der Waals surface area contributed by atoms with Crippen LogP contribution >= 0.6 is 30.5 Å². The fraction of sp³-hybridized carbons (Fsp3) is 0.167. The van der Waals surface area contributed by atoms with Crippen LogP contribution < -0.4 is 19.7 Å². The van der Waals surface area contributed by atoms with Crippen LogP contribution in [0.4, 0.5) is 4.39 Å². The first kappa shape index (κ1) is 24.4. The van der Waals surface area contributed by atoms with Crippen molar-refractivity contribution in [2.75, 3.05) is 19.4 Å². The second-order valence-electron chi connectivity index (χ2n) is 6.31. The molecule has 0 spiro atoms. The highest BCUT2D eigenvalue weighted by molar-refractivity contribution is 7.92. The predicted molar refractivity (Wildman–Crippen MR) is 118 cm³/mol. The molecule has 4 N–H and O–H groups in total. The molecule has 1 atom stereocenters. The summed E-state index contributed by atoms with van der Waals surface area (Å²) in [5.74, 6) is -0.849. The second-order valence-corrected chi connectivity index (χ2v) is 11.5. The number of nitrogens with one attached hydrogen (secondary N) is 1. The fourth-order valence-corrected chi connectivity index (χ4v) is 6.77. The highest BCUT2D eigenvalue weighted by Gasteiger charge is 2.27. The van der Waals surface area contributed by atoms with E-state index >= 15 is 0 Å². The number of halogens is 2. The van der Waals surface area contributed by atoms with Gasteiger partial charge in [0.15, 0.2) is 0 Å². The molecule has 170 valence electrons. The summed E-state index contributed by atoms with van der Waals surface area (Å²) in [6, 6.07) is 9.04. The number of thiophene rings is 1. The van der Waals surface area contributed by atoms with Crippen molar-refractivity contribution in [2.24, 2.45) is 5.73 Å². The number of nitriles is 1. The molecule has 0 saturated carbocycles. The Balaban J connectivity index is 1.76. The monoisotopic (exact) mass is 519 g/mol. The van der Waals surface area contributed by atoms with Crippen LogP contribution in [0.2, 0.25) is 5.02 Å².